The Hall–Kier alpha value is -0.830. The second-order valence-corrected chi connectivity index (χ2v) is 2.97. The summed E-state index contributed by atoms with van der Waals surface area (Å²) in [5, 5.41) is 7.15. The number of nitrogens with one attached hydrogen (secondary N) is 1. The van der Waals surface area contributed by atoms with E-state index in [2.05, 4.69) is 10.6 Å². The van der Waals surface area contributed by atoms with Crippen molar-refractivity contribution in [3.8, 4) is 0 Å². The molecular formula is C8H11N2O. The lowest BCUT2D eigenvalue weighted by Gasteiger charge is -2.21. The molecule has 0 aromatic carbocycles. The third-order valence-electron chi connectivity index (χ3n) is 2.18. The van der Waals surface area contributed by atoms with Gasteiger partial charge >= 0.3 is 0 Å². The molecule has 0 aromatic rings. The number of nitrogens with zero attached hydrogens (tertiary/aromatic N) is 1. The Morgan fingerprint density at radius 1 is 1.64 bits per heavy atom. The highest BCUT2D eigenvalue weighted by Gasteiger charge is 2.29. The van der Waals surface area contributed by atoms with E-state index in [1.807, 2.05) is 6.08 Å². The van der Waals surface area contributed by atoms with Crippen LogP contribution < -0.4 is 10.6 Å². The summed E-state index contributed by atoms with van der Waals surface area (Å²) in [6.07, 6.45) is 5.71. The zero-order valence-corrected chi connectivity index (χ0v) is 6.29. The van der Waals surface area contributed by atoms with Gasteiger partial charge in [-0.25, -0.2) is 5.32 Å². The summed E-state index contributed by atoms with van der Waals surface area (Å²) in [5.41, 5.74) is 0. The van der Waals surface area contributed by atoms with Crippen LogP contribution in [0.5, 0.6) is 0 Å². The van der Waals surface area contributed by atoms with Gasteiger partial charge in [-0.3, -0.25) is 4.79 Å². The minimum Gasteiger partial charge on any atom is -0.378 e. The van der Waals surface area contributed by atoms with Crippen LogP contribution in [0.1, 0.15) is 12.8 Å². The smallest absolute Gasteiger partial charge is 0.177 e. The Labute approximate surface area is 65.9 Å². The molecule has 2 heterocycles. The molecule has 0 bridgehead atoms. The van der Waals surface area contributed by atoms with Gasteiger partial charge in [0, 0.05) is 6.54 Å². The summed E-state index contributed by atoms with van der Waals surface area (Å²) < 4.78 is 0. The zero-order valence-electron chi connectivity index (χ0n) is 6.29. The van der Waals surface area contributed by atoms with Crippen LogP contribution in [0.2, 0.25) is 0 Å². The Balaban J connectivity index is 1.93. The molecule has 2 unspecified atom stereocenters. The van der Waals surface area contributed by atoms with Crippen molar-refractivity contribution >= 4 is 5.78 Å². The lowest BCUT2D eigenvalue weighted by Crippen LogP contribution is -2.45. The van der Waals surface area contributed by atoms with Gasteiger partial charge in [0.05, 0.1) is 6.04 Å². The quantitative estimate of drug-likeness (QED) is 0.594. The van der Waals surface area contributed by atoms with E-state index in [1.54, 1.807) is 6.20 Å². The maximum Gasteiger partial charge on any atom is 0.177 e. The van der Waals surface area contributed by atoms with Crippen molar-refractivity contribution < 1.29 is 4.79 Å². The lowest BCUT2D eigenvalue weighted by atomic mass is 10.0. The fourth-order valence-corrected chi connectivity index (χ4v) is 1.43. The van der Waals surface area contributed by atoms with Crippen LogP contribution in [0.25, 0.3) is 0 Å². The molecule has 0 aliphatic carbocycles. The minimum absolute atomic E-state index is 0.0163. The average molecular weight is 151 g/mol. The molecule has 2 aliphatic heterocycles. The van der Waals surface area contributed by atoms with Gasteiger partial charge in [0.25, 0.3) is 0 Å². The third kappa shape index (κ3) is 1.16. The molecule has 0 amide bonds. The molecule has 59 valence electrons. The highest BCUT2D eigenvalue weighted by Crippen LogP contribution is 2.12. The number of ketones is 1. The van der Waals surface area contributed by atoms with Gasteiger partial charge in [0.15, 0.2) is 5.78 Å². The fraction of sp³-hybridized carbons (Fsp3) is 0.625. The molecule has 2 rings (SSSR count). The fourth-order valence-electron chi connectivity index (χ4n) is 1.43. The predicted molar refractivity (Wildman–Crippen MR) is 41.1 cm³/mol. The summed E-state index contributed by atoms with van der Waals surface area (Å²) >= 11 is 0. The van der Waals surface area contributed by atoms with E-state index in [4.69, 9.17) is 0 Å². The van der Waals surface area contributed by atoms with Crippen LogP contribution in [-0.4, -0.2) is 24.4 Å². The molecule has 1 radical (unpaired) electrons. The van der Waals surface area contributed by atoms with Crippen LogP contribution in [0.4, 0.5) is 0 Å². The van der Waals surface area contributed by atoms with Gasteiger partial charge in [0.1, 0.15) is 6.04 Å². The van der Waals surface area contributed by atoms with E-state index < -0.39 is 0 Å². The molecule has 3 nitrogen and oxygen atoms in total. The molecule has 2 aliphatic rings. The van der Waals surface area contributed by atoms with Crippen molar-refractivity contribution in [3.63, 3.8) is 0 Å². The molecule has 2 atom stereocenters. The van der Waals surface area contributed by atoms with Crippen LogP contribution >= 0.6 is 0 Å². The van der Waals surface area contributed by atoms with Gasteiger partial charge < -0.3 is 5.32 Å². The van der Waals surface area contributed by atoms with Crippen molar-refractivity contribution in [2.45, 2.75) is 24.9 Å². The first kappa shape index (κ1) is 6.85. The summed E-state index contributed by atoms with van der Waals surface area (Å²) in [4.78, 5) is 11.4. The number of rotatable bonds is 2. The van der Waals surface area contributed by atoms with Gasteiger partial charge in [-0.2, -0.15) is 0 Å². The monoisotopic (exact) mass is 151 g/mol. The minimum atomic E-state index is -0.0400. The van der Waals surface area contributed by atoms with Gasteiger partial charge in [0.2, 0.25) is 0 Å². The van der Waals surface area contributed by atoms with E-state index in [9.17, 15) is 4.79 Å². The number of hydrogen-bond donors (Lipinski definition) is 1. The topological polar surface area (TPSA) is 43.2 Å². The number of Topliss-reactive ketones (excluding diaryl/α,β-unsaturated/α-hetero) is 1. The Morgan fingerprint density at radius 3 is 2.91 bits per heavy atom. The first-order valence-corrected chi connectivity index (χ1v) is 4.01. The van der Waals surface area contributed by atoms with Crippen molar-refractivity contribution in [2.24, 2.45) is 0 Å². The zero-order chi connectivity index (χ0) is 7.68. The maximum absolute atomic E-state index is 11.4. The van der Waals surface area contributed by atoms with Gasteiger partial charge in [-0.1, -0.05) is 0 Å². The Morgan fingerprint density at radius 2 is 2.45 bits per heavy atom. The number of carbonyl (C=O) groups is 1. The molecule has 11 heavy (non-hydrogen) atoms. The summed E-state index contributed by atoms with van der Waals surface area (Å²) in [6, 6.07) is -0.0562. The van der Waals surface area contributed by atoms with Gasteiger partial charge in [-0.15, -0.1) is 0 Å². The predicted octanol–water partition coefficient (Wildman–Crippen LogP) is -0.192. The van der Waals surface area contributed by atoms with E-state index in [0.29, 0.717) is 0 Å². The SMILES string of the molecule is O=C(C1CCC[N]1)C1C=CN1. The summed E-state index contributed by atoms with van der Waals surface area (Å²) in [5.74, 6) is 0.241. The van der Waals surface area contributed by atoms with Crippen molar-refractivity contribution in [1.29, 1.82) is 0 Å². The van der Waals surface area contributed by atoms with E-state index in [1.165, 1.54) is 0 Å². The van der Waals surface area contributed by atoms with E-state index in [0.717, 1.165) is 19.4 Å². The third-order valence-corrected chi connectivity index (χ3v) is 2.18. The summed E-state index contributed by atoms with van der Waals surface area (Å²) in [6.45, 7) is 0.868. The molecule has 1 fully saturated rings. The first-order valence-electron chi connectivity index (χ1n) is 4.01. The van der Waals surface area contributed by atoms with E-state index in [-0.39, 0.29) is 17.9 Å². The molecule has 3 heteroatoms. The maximum atomic E-state index is 11.4. The number of carbonyl (C=O) groups excluding carboxylic acids is 1. The highest BCUT2D eigenvalue weighted by atomic mass is 16.1. The molecule has 0 saturated carbocycles. The van der Waals surface area contributed by atoms with Crippen LogP contribution in [0.15, 0.2) is 12.3 Å². The average Bonchev–Trinajstić information content (AvgIpc) is 2.32. The molecule has 1 N–H and O–H groups in total. The molecule has 1 saturated heterocycles. The second kappa shape index (κ2) is 2.66. The number of hydrogen-bond acceptors (Lipinski definition) is 2. The van der Waals surface area contributed by atoms with Gasteiger partial charge in [-0.05, 0) is 25.1 Å². The largest absolute Gasteiger partial charge is 0.378 e. The normalized spacial score (nSPS) is 34.5. The molecule has 0 spiro atoms. The van der Waals surface area contributed by atoms with E-state index >= 15 is 0 Å². The van der Waals surface area contributed by atoms with Crippen molar-refractivity contribution in [3.05, 3.63) is 12.3 Å². The first-order chi connectivity index (χ1) is 5.38. The lowest BCUT2D eigenvalue weighted by molar-refractivity contribution is -0.121. The van der Waals surface area contributed by atoms with Crippen LogP contribution in [0.3, 0.4) is 0 Å². The van der Waals surface area contributed by atoms with Crippen LogP contribution in [0, 0.1) is 0 Å². The second-order valence-electron chi connectivity index (χ2n) is 2.97. The molecular weight excluding hydrogens is 140 g/mol. The standard InChI is InChI=1S/C8H11N2O/c11-8(7-3-5-10-7)6-2-1-4-9-6/h3,5-7,10H,1-2,4H2. The summed E-state index contributed by atoms with van der Waals surface area (Å²) in [7, 11) is 0. The Bertz CT molecular complexity index is 194. The highest BCUT2D eigenvalue weighted by molar-refractivity contribution is 5.92. The molecule has 0 aromatic heterocycles. The van der Waals surface area contributed by atoms with Crippen molar-refractivity contribution in [1.82, 2.24) is 10.6 Å². The van der Waals surface area contributed by atoms with Crippen LogP contribution in [-0.2, 0) is 4.79 Å². The Kier molecular flexibility index (Phi) is 1.66. The van der Waals surface area contributed by atoms with Crippen molar-refractivity contribution in [2.75, 3.05) is 6.54 Å².